The largest absolute Gasteiger partial charge is 0.493 e. The fourth-order valence-corrected chi connectivity index (χ4v) is 4.69. The first-order valence-corrected chi connectivity index (χ1v) is 14.6. The first-order valence-electron chi connectivity index (χ1n) is 11.7. The summed E-state index contributed by atoms with van der Waals surface area (Å²) in [6, 6.07) is 12.0. The Hall–Kier alpha value is -2.51. The number of rotatable bonds is 11. The maximum absolute atomic E-state index is 13.2. The van der Waals surface area contributed by atoms with Crippen molar-refractivity contribution in [3.63, 3.8) is 0 Å². The molecule has 34 heavy (non-hydrogen) atoms. The molecule has 2 aromatic carbocycles. The summed E-state index contributed by atoms with van der Waals surface area (Å²) in [6.45, 7) is 14.3. The quantitative estimate of drug-likeness (QED) is 0.397. The van der Waals surface area contributed by atoms with Gasteiger partial charge in [0.25, 0.3) is 5.91 Å². The van der Waals surface area contributed by atoms with Crippen molar-refractivity contribution in [1.29, 1.82) is 0 Å². The highest BCUT2D eigenvalue weighted by Gasteiger charge is 2.37. The number of benzene rings is 2. The fraction of sp³-hybridized carbons (Fsp3) is 0.519. The Morgan fingerprint density at radius 3 is 2.15 bits per heavy atom. The van der Waals surface area contributed by atoms with Gasteiger partial charge in [-0.1, -0.05) is 51.1 Å². The smallest absolute Gasteiger partial charge is 0.251 e. The summed E-state index contributed by atoms with van der Waals surface area (Å²) in [4.78, 5) is 13.2. The molecule has 0 radical (unpaired) electrons. The molecular weight excluding hydrogens is 446 g/mol. The molecule has 0 saturated heterocycles. The summed E-state index contributed by atoms with van der Waals surface area (Å²) in [5.41, 5.74) is 2.39. The van der Waals surface area contributed by atoms with Crippen LogP contribution in [0.4, 0.5) is 0 Å². The average molecular weight is 488 g/mol. The predicted molar refractivity (Wildman–Crippen MR) is 140 cm³/mol. The molecular formula is C27H41NO5Si. The predicted octanol–water partition coefficient (Wildman–Crippen LogP) is 5.95. The summed E-state index contributed by atoms with van der Waals surface area (Å²) >= 11 is 0. The Balaban J connectivity index is 2.20. The van der Waals surface area contributed by atoms with Gasteiger partial charge in [-0.15, -0.1) is 0 Å². The van der Waals surface area contributed by atoms with Gasteiger partial charge in [-0.25, -0.2) is 0 Å². The van der Waals surface area contributed by atoms with Crippen LogP contribution in [0.25, 0.3) is 0 Å². The second-order valence-electron chi connectivity index (χ2n) is 10.0. The molecule has 1 N–H and O–H groups in total. The lowest BCUT2D eigenvalue weighted by molar-refractivity contribution is 0.0948. The third-order valence-electron chi connectivity index (χ3n) is 6.84. The first-order chi connectivity index (χ1) is 16.0. The molecule has 2 rings (SSSR count). The van der Waals surface area contributed by atoms with Crippen molar-refractivity contribution >= 4 is 14.2 Å². The van der Waals surface area contributed by atoms with E-state index in [-0.39, 0.29) is 16.9 Å². The second-order valence-corrected chi connectivity index (χ2v) is 14.8. The Morgan fingerprint density at radius 2 is 1.62 bits per heavy atom. The molecule has 0 heterocycles. The summed E-state index contributed by atoms with van der Waals surface area (Å²) in [6.07, 6.45) is 0.824. The zero-order valence-corrected chi connectivity index (χ0v) is 23.2. The average Bonchev–Trinajstić information content (AvgIpc) is 2.80. The first kappa shape index (κ1) is 27.7. The van der Waals surface area contributed by atoms with E-state index in [0.29, 0.717) is 41.5 Å². The molecule has 1 amide bonds. The fourth-order valence-electron chi connectivity index (χ4n) is 3.63. The molecule has 0 aromatic heterocycles. The molecule has 6 nitrogen and oxygen atoms in total. The molecule has 7 heteroatoms. The van der Waals surface area contributed by atoms with Crippen LogP contribution in [-0.4, -0.2) is 48.7 Å². The second kappa shape index (κ2) is 11.8. The van der Waals surface area contributed by atoms with Crippen LogP contribution in [0.1, 0.15) is 54.6 Å². The lowest BCUT2D eigenvalue weighted by Gasteiger charge is -2.36. The van der Waals surface area contributed by atoms with Gasteiger partial charge in [0.15, 0.2) is 19.8 Å². The highest BCUT2D eigenvalue weighted by Crippen LogP contribution is 2.41. The summed E-state index contributed by atoms with van der Waals surface area (Å²) in [5, 5.41) is 3.28. The SMILES string of the molecule is COc1cc(C(=O)NCC(CCO[Si](C)(C)C(C)(C)C)c2ccccc2)c(C)c(OC)c1OC. The Labute approximate surface area is 206 Å². The van der Waals surface area contributed by atoms with Crippen molar-refractivity contribution < 1.29 is 23.4 Å². The Kier molecular flexibility index (Phi) is 9.59. The molecule has 0 aliphatic rings. The molecule has 0 aliphatic heterocycles. The zero-order chi connectivity index (χ0) is 25.5. The van der Waals surface area contributed by atoms with Gasteiger partial charge in [-0.2, -0.15) is 0 Å². The van der Waals surface area contributed by atoms with Crippen LogP contribution in [0.15, 0.2) is 36.4 Å². The maximum atomic E-state index is 13.2. The van der Waals surface area contributed by atoms with Gasteiger partial charge in [0.05, 0.1) is 21.3 Å². The van der Waals surface area contributed by atoms with Gasteiger partial charge < -0.3 is 24.0 Å². The highest BCUT2D eigenvalue weighted by molar-refractivity contribution is 6.74. The number of nitrogens with one attached hydrogen (secondary N) is 1. The van der Waals surface area contributed by atoms with E-state index in [1.165, 1.54) is 5.56 Å². The minimum Gasteiger partial charge on any atom is -0.493 e. The summed E-state index contributed by atoms with van der Waals surface area (Å²) < 4.78 is 22.8. The Bertz CT molecular complexity index is 954. The van der Waals surface area contributed by atoms with Crippen LogP contribution in [0.3, 0.4) is 0 Å². The van der Waals surface area contributed by atoms with Gasteiger partial charge in [0, 0.05) is 30.2 Å². The van der Waals surface area contributed by atoms with Gasteiger partial charge in [-0.3, -0.25) is 4.79 Å². The topological polar surface area (TPSA) is 66.0 Å². The van der Waals surface area contributed by atoms with Crippen LogP contribution in [-0.2, 0) is 4.43 Å². The van der Waals surface area contributed by atoms with Crippen LogP contribution in [0.5, 0.6) is 17.2 Å². The van der Waals surface area contributed by atoms with Crippen LogP contribution in [0, 0.1) is 6.92 Å². The third-order valence-corrected chi connectivity index (χ3v) is 11.4. The van der Waals surface area contributed by atoms with E-state index < -0.39 is 8.32 Å². The number of hydrogen-bond acceptors (Lipinski definition) is 5. The molecule has 0 aliphatic carbocycles. The van der Waals surface area contributed by atoms with Crippen molar-refractivity contribution in [2.45, 2.75) is 58.2 Å². The monoisotopic (exact) mass is 487 g/mol. The van der Waals surface area contributed by atoms with Crippen LogP contribution in [0.2, 0.25) is 18.1 Å². The summed E-state index contributed by atoms with van der Waals surface area (Å²) in [7, 11) is 2.82. The molecule has 1 unspecified atom stereocenters. The molecule has 0 bridgehead atoms. The molecule has 1 atom stereocenters. The molecule has 0 fully saturated rings. The lowest BCUT2D eigenvalue weighted by Crippen LogP contribution is -2.41. The highest BCUT2D eigenvalue weighted by atomic mass is 28.4. The Morgan fingerprint density at radius 1 is 1.00 bits per heavy atom. The molecule has 188 valence electrons. The van der Waals surface area contributed by atoms with E-state index >= 15 is 0 Å². The molecule has 0 spiro atoms. The minimum absolute atomic E-state index is 0.136. The van der Waals surface area contributed by atoms with Gasteiger partial charge in [-0.05, 0) is 43.1 Å². The van der Waals surface area contributed by atoms with Crippen LogP contribution >= 0.6 is 0 Å². The van der Waals surface area contributed by atoms with Gasteiger partial charge >= 0.3 is 0 Å². The van der Waals surface area contributed by atoms with E-state index in [1.54, 1.807) is 27.4 Å². The zero-order valence-electron chi connectivity index (χ0n) is 22.2. The summed E-state index contributed by atoms with van der Waals surface area (Å²) in [5.74, 6) is 1.39. The normalized spacial score (nSPS) is 12.7. The number of carbonyl (C=O) groups excluding carboxylic acids is 1. The van der Waals surface area contributed by atoms with E-state index in [0.717, 1.165) is 6.42 Å². The molecule has 2 aromatic rings. The number of amides is 1. The van der Waals surface area contributed by atoms with E-state index in [1.807, 2.05) is 25.1 Å². The van der Waals surface area contributed by atoms with Crippen molar-refractivity contribution in [3.05, 3.63) is 53.1 Å². The van der Waals surface area contributed by atoms with Crippen molar-refractivity contribution in [2.75, 3.05) is 34.5 Å². The lowest BCUT2D eigenvalue weighted by atomic mass is 9.95. The number of hydrogen-bond donors (Lipinski definition) is 1. The standard InChI is InChI=1S/C27H41NO5Si/c1-19-22(17-23(30-5)25(32-7)24(19)31-6)26(29)28-18-21(20-13-11-10-12-14-20)15-16-33-34(8,9)27(2,3)4/h10-14,17,21H,15-16,18H2,1-9H3,(H,28,29). The van der Waals surface area contributed by atoms with E-state index in [9.17, 15) is 4.79 Å². The van der Waals surface area contributed by atoms with Gasteiger partial charge in [0.2, 0.25) is 5.75 Å². The minimum atomic E-state index is -1.83. The van der Waals surface area contributed by atoms with Gasteiger partial charge in [0.1, 0.15) is 0 Å². The van der Waals surface area contributed by atoms with Crippen LogP contribution < -0.4 is 19.5 Å². The van der Waals surface area contributed by atoms with Crippen molar-refractivity contribution in [1.82, 2.24) is 5.32 Å². The number of carbonyl (C=O) groups is 1. The number of ether oxygens (including phenoxy) is 3. The maximum Gasteiger partial charge on any atom is 0.251 e. The van der Waals surface area contributed by atoms with E-state index in [4.69, 9.17) is 18.6 Å². The third kappa shape index (κ3) is 6.54. The molecule has 0 saturated carbocycles. The number of methoxy groups -OCH3 is 3. The van der Waals surface area contributed by atoms with Crippen molar-refractivity contribution in [3.8, 4) is 17.2 Å². The van der Waals surface area contributed by atoms with Crippen molar-refractivity contribution in [2.24, 2.45) is 0 Å². The van der Waals surface area contributed by atoms with E-state index in [2.05, 4.69) is 51.3 Å².